The van der Waals surface area contributed by atoms with Gasteiger partial charge in [0.05, 0.1) is 14.2 Å². The topological polar surface area (TPSA) is 78.3 Å². The molecule has 0 saturated heterocycles. The number of methoxy groups -OCH3 is 2. The molecule has 7 nitrogen and oxygen atoms in total. The summed E-state index contributed by atoms with van der Waals surface area (Å²) in [4.78, 5) is 17.8. The maximum Gasteiger partial charge on any atom is 0.226 e. The Kier molecular flexibility index (Phi) is 4.90. The monoisotopic (exact) mass is 436 g/mol. The highest BCUT2D eigenvalue weighted by atomic mass is 35.5. The zero-order valence-electron chi connectivity index (χ0n) is 17.1. The minimum atomic E-state index is -0.329. The van der Waals surface area contributed by atoms with E-state index in [0.29, 0.717) is 35.3 Å². The van der Waals surface area contributed by atoms with Crippen LogP contribution in [0.25, 0.3) is 0 Å². The van der Waals surface area contributed by atoms with Crippen LogP contribution in [-0.2, 0) is 4.79 Å². The summed E-state index contributed by atoms with van der Waals surface area (Å²) in [6, 6.07) is 13.0. The van der Waals surface area contributed by atoms with Gasteiger partial charge in [0.25, 0.3) is 0 Å². The van der Waals surface area contributed by atoms with Crippen LogP contribution in [-0.4, -0.2) is 34.8 Å². The molecule has 3 aromatic rings. The fourth-order valence-electron chi connectivity index (χ4n) is 4.45. The molecule has 1 aromatic heterocycles. The summed E-state index contributed by atoms with van der Waals surface area (Å²) in [5, 5.41) is 8.36. The van der Waals surface area contributed by atoms with E-state index in [-0.39, 0.29) is 17.7 Å². The van der Waals surface area contributed by atoms with E-state index in [2.05, 4.69) is 15.4 Å². The predicted molar refractivity (Wildman–Crippen MR) is 117 cm³/mol. The molecule has 158 valence electrons. The van der Waals surface area contributed by atoms with Crippen molar-refractivity contribution in [1.29, 1.82) is 0 Å². The van der Waals surface area contributed by atoms with Gasteiger partial charge < -0.3 is 14.8 Å². The summed E-state index contributed by atoms with van der Waals surface area (Å²) in [7, 11) is 3.22. The summed E-state index contributed by atoms with van der Waals surface area (Å²) in [5.41, 5.74) is 3.60. The molecule has 0 bridgehead atoms. The SMILES string of the molecule is COc1ccc([C@@H]2CC(=O)C3=C(C2)Nc2ncnn2[C@H]3c2ccc(Cl)cc2)cc1OC. The molecule has 2 atom stereocenters. The lowest BCUT2D eigenvalue weighted by Gasteiger charge is -2.35. The molecule has 8 heteroatoms. The van der Waals surface area contributed by atoms with E-state index in [1.54, 1.807) is 18.9 Å². The van der Waals surface area contributed by atoms with E-state index < -0.39 is 0 Å². The molecule has 2 heterocycles. The first-order valence-electron chi connectivity index (χ1n) is 9.99. The summed E-state index contributed by atoms with van der Waals surface area (Å²) in [5.74, 6) is 2.07. The fourth-order valence-corrected chi connectivity index (χ4v) is 4.57. The molecule has 31 heavy (non-hydrogen) atoms. The maximum atomic E-state index is 13.4. The lowest BCUT2D eigenvalue weighted by Crippen LogP contribution is -2.33. The number of hydrogen-bond acceptors (Lipinski definition) is 6. The van der Waals surface area contributed by atoms with Gasteiger partial charge in [0.15, 0.2) is 17.3 Å². The molecule has 0 spiro atoms. The van der Waals surface area contributed by atoms with Crippen LogP contribution in [0.15, 0.2) is 60.1 Å². The fraction of sp³-hybridized carbons (Fsp3) is 0.261. The molecule has 1 aliphatic heterocycles. The van der Waals surface area contributed by atoms with Crippen molar-refractivity contribution >= 4 is 23.3 Å². The van der Waals surface area contributed by atoms with Crippen molar-refractivity contribution in [2.45, 2.75) is 24.8 Å². The third kappa shape index (κ3) is 3.35. The number of ketones is 1. The average molecular weight is 437 g/mol. The Labute approximate surface area is 184 Å². The first kappa shape index (κ1) is 19.6. The first-order valence-corrected chi connectivity index (χ1v) is 10.4. The van der Waals surface area contributed by atoms with Crippen LogP contribution in [0, 0.1) is 0 Å². The van der Waals surface area contributed by atoms with Gasteiger partial charge in [0, 0.05) is 22.7 Å². The molecule has 1 aliphatic carbocycles. The Morgan fingerprint density at radius 3 is 2.52 bits per heavy atom. The van der Waals surface area contributed by atoms with E-state index in [4.69, 9.17) is 21.1 Å². The Bertz CT molecular complexity index is 1190. The van der Waals surface area contributed by atoms with Crippen molar-refractivity contribution in [3.05, 3.63) is 76.2 Å². The number of nitrogens with one attached hydrogen (secondary N) is 1. The zero-order valence-corrected chi connectivity index (χ0v) is 17.9. The Hall–Kier alpha value is -3.32. The van der Waals surface area contributed by atoms with Crippen molar-refractivity contribution in [3.8, 4) is 11.5 Å². The lowest BCUT2D eigenvalue weighted by molar-refractivity contribution is -0.116. The summed E-state index contributed by atoms with van der Waals surface area (Å²) in [6.07, 6.45) is 2.59. The summed E-state index contributed by atoms with van der Waals surface area (Å²) in [6.45, 7) is 0. The van der Waals surface area contributed by atoms with Crippen molar-refractivity contribution in [3.63, 3.8) is 0 Å². The molecule has 5 rings (SSSR count). The second-order valence-electron chi connectivity index (χ2n) is 7.64. The molecule has 1 N–H and O–H groups in total. The number of hydrogen-bond donors (Lipinski definition) is 1. The lowest BCUT2D eigenvalue weighted by atomic mass is 9.78. The number of anilines is 1. The number of fused-ring (bicyclic) bond motifs is 1. The Balaban J connectivity index is 1.55. The van der Waals surface area contributed by atoms with Crippen molar-refractivity contribution < 1.29 is 14.3 Å². The molecule has 0 radical (unpaired) electrons. The van der Waals surface area contributed by atoms with Crippen LogP contribution in [0.3, 0.4) is 0 Å². The van der Waals surface area contributed by atoms with Gasteiger partial charge in [-0.3, -0.25) is 4.79 Å². The Morgan fingerprint density at radius 2 is 1.77 bits per heavy atom. The van der Waals surface area contributed by atoms with Gasteiger partial charge in [-0.2, -0.15) is 10.1 Å². The minimum Gasteiger partial charge on any atom is -0.493 e. The summed E-state index contributed by atoms with van der Waals surface area (Å²) >= 11 is 6.08. The highest BCUT2D eigenvalue weighted by Crippen LogP contribution is 2.44. The van der Waals surface area contributed by atoms with Crippen molar-refractivity contribution in [2.75, 3.05) is 19.5 Å². The quantitative estimate of drug-likeness (QED) is 0.654. The molecule has 2 aromatic carbocycles. The van der Waals surface area contributed by atoms with Gasteiger partial charge in [0.1, 0.15) is 12.4 Å². The largest absolute Gasteiger partial charge is 0.493 e. The van der Waals surface area contributed by atoms with E-state index in [0.717, 1.165) is 22.4 Å². The highest BCUT2D eigenvalue weighted by molar-refractivity contribution is 6.30. The average Bonchev–Trinajstić information content (AvgIpc) is 3.26. The Morgan fingerprint density at radius 1 is 1.03 bits per heavy atom. The van der Waals surface area contributed by atoms with Gasteiger partial charge in [-0.15, -0.1) is 0 Å². The number of carbonyl (C=O) groups is 1. The molecular weight excluding hydrogens is 416 g/mol. The third-order valence-corrected chi connectivity index (χ3v) is 6.18. The number of aromatic nitrogens is 3. The number of rotatable bonds is 4. The van der Waals surface area contributed by atoms with E-state index >= 15 is 0 Å². The minimum absolute atomic E-state index is 0.0268. The van der Waals surface area contributed by atoms with Crippen LogP contribution >= 0.6 is 11.6 Å². The number of ether oxygens (including phenoxy) is 2. The number of carbonyl (C=O) groups excluding carboxylic acids is 1. The summed E-state index contributed by atoms with van der Waals surface area (Å²) < 4.78 is 12.6. The second-order valence-corrected chi connectivity index (χ2v) is 8.08. The molecular formula is C23H21ClN4O3. The number of Topliss-reactive ketones (excluding diaryl/α,β-unsaturated/α-hetero) is 1. The normalized spacial score (nSPS) is 20.0. The maximum absolute atomic E-state index is 13.4. The predicted octanol–water partition coefficient (Wildman–Crippen LogP) is 4.36. The van der Waals surface area contributed by atoms with E-state index in [9.17, 15) is 4.79 Å². The van der Waals surface area contributed by atoms with Gasteiger partial charge in [-0.1, -0.05) is 29.8 Å². The van der Waals surface area contributed by atoms with Crippen molar-refractivity contribution in [1.82, 2.24) is 14.8 Å². The highest BCUT2D eigenvalue weighted by Gasteiger charge is 2.39. The zero-order chi connectivity index (χ0) is 21.5. The van der Waals surface area contributed by atoms with Crippen molar-refractivity contribution in [2.24, 2.45) is 0 Å². The van der Waals surface area contributed by atoms with E-state index in [1.807, 2.05) is 42.5 Å². The van der Waals surface area contributed by atoms with Crippen LogP contribution in [0.2, 0.25) is 5.02 Å². The standard InChI is InChI=1S/C23H21ClN4O3/c1-30-19-8-5-14(11-20(19)31-2)15-9-17-21(18(29)10-15)22(13-3-6-16(24)7-4-13)28-23(27-17)25-12-26-28/h3-8,11-12,15,22H,9-10H2,1-2H3,(H,25,26,27)/t15-,22-/m0/s1. The number of allylic oxidation sites excluding steroid dienone is 2. The molecule has 0 unspecified atom stereocenters. The number of nitrogens with zero attached hydrogens (tertiary/aromatic N) is 3. The van der Waals surface area contributed by atoms with Gasteiger partial charge in [-0.05, 0) is 47.7 Å². The molecule has 0 saturated carbocycles. The molecule has 2 aliphatic rings. The van der Waals surface area contributed by atoms with Crippen LogP contribution < -0.4 is 14.8 Å². The van der Waals surface area contributed by atoms with Crippen LogP contribution in [0.1, 0.15) is 35.9 Å². The van der Waals surface area contributed by atoms with Gasteiger partial charge in [0.2, 0.25) is 5.95 Å². The van der Waals surface area contributed by atoms with Crippen LogP contribution in [0.4, 0.5) is 5.95 Å². The van der Waals surface area contributed by atoms with Gasteiger partial charge >= 0.3 is 0 Å². The smallest absolute Gasteiger partial charge is 0.226 e. The first-order chi connectivity index (χ1) is 15.1. The second kappa shape index (κ2) is 7.74. The number of benzene rings is 2. The van der Waals surface area contributed by atoms with Gasteiger partial charge in [-0.25, -0.2) is 4.68 Å². The molecule has 0 fully saturated rings. The third-order valence-electron chi connectivity index (χ3n) is 5.93. The molecule has 0 amide bonds. The van der Waals surface area contributed by atoms with E-state index in [1.165, 1.54) is 6.33 Å². The number of halogens is 1. The van der Waals surface area contributed by atoms with Crippen LogP contribution in [0.5, 0.6) is 11.5 Å².